The normalized spacial score (nSPS) is 8.11. The van der Waals surface area contributed by atoms with Crippen molar-refractivity contribution in [1.29, 1.82) is 0 Å². The third kappa shape index (κ3) is 21.7. The standard InChI is InChI=1S/C18H15O4P.3C2H6.3CH3Br/c19-23(20-16-10-4-1-5-11-16,21-17-12-6-2-7-13-17)22-18-14-8-3-9-15-18;6*1-2/h1-15H;3*1-2H3;3*1H3. The van der Waals surface area contributed by atoms with E-state index in [0.717, 1.165) is 0 Å². The van der Waals surface area contributed by atoms with Crippen molar-refractivity contribution in [2.24, 2.45) is 0 Å². The molecule has 0 amide bonds. The summed E-state index contributed by atoms with van der Waals surface area (Å²) in [6, 6.07) is 26.4. The third-order valence-corrected chi connectivity index (χ3v) is 4.18. The highest BCUT2D eigenvalue weighted by atomic mass is 79.9. The molecule has 0 bridgehead atoms. The van der Waals surface area contributed by atoms with E-state index in [1.54, 1.807) is 72.8 Å². The van der Waals surface area contributed by atoms with Crippen LogP contribution in [0.4, 0.5) is 0 Å². The van der Waals surface area contributed by atoms with Gasteiger partial charge < -0.3 is 13.6 Å². The molecule has 35 heavy (non-hydrogen) atoms. The Hall–Kier alpha value is -1.27. The first-order valence-electron chi connectivity index (χ1n) is 11.2. The minimum Gasteiger partial charge on any atom is -0.386 e. The minimum atomic E-state index is -3.89. The van der Waals surface area contributed by atoms with Crippen molar-refractivity contribution in [3.63, 3.8) is 0 Å². The van der Waals surface area contributed by atoms with Gasteiger partial charge in [0, 0.05) is 0 Å². The van der Waals surface area contributed by atoms with Gasteiger partial charge in [-0.3, -0.25) is 0 Å². The highest BCUT2D eigenvalue weighted by Gasteiger charge is 2.33. The monoisotopic (exact) mass is 698 g/mol. The number of para-hydroxylation sites is 3. The lowest BCUT2D eigenvalue weighted by Gasteiger charge is -2.19. The summed E-state index contributed by atoms with van der Waals surface area (Å²) < 4.78 is 29.6. The molecule has 0 spiro atoms. The van der Waals surface area contributed by atoms with Crippen LogP contribution in [0.15, 0.2) is 91.0 Å². The van der Waals surface area contributed by atoms with Gasteiger partial charge in [0.25, 0.3) is 0 Å². The molecule has 0 saturated carbocycles. The number of benzene rings is 3. The second kappa shape index (κ2) is 32.7. The third-order valence-electron chi connectivity index (χ3n) is 2.88. The van der Waals surface area contributed by atoms with Gasteiger partial charge in [-0.1, -0.05) is 144 Å². The van der Waals surface area contributed by atoms with Gasteiger partial charge in [0.1, 0.15) is 17.2 Å². The van der Waals surface area contributed by atoms with Crippen LogP contribution in [0, 0.1) is 0 Å². The highest BCUT2D eigenvalue weighted by molar-refractivity contribution is 9.09. The number of alkyl halides is 3. The Morgan fingerprint density at radius 3 is 0.771 bits per heavy atom. The van der Waals surface area contributed by atoms with E-state index >= 15 is 0 Å². The van der Waals surface area contributed by atoms with E-state index in [4.69, 9.17) is 13.6 Å². The van der Waals surface area contributed by atoms with Crippen molar-refractivity contribution in [3.05, 3.63) is 91.0 Å². The quantitative estimate of drug-likeness (QED) is 0.190. The summed E-state index contributed by atoms with van der Waals surface area (Å²) in [4.78, 5) is 0. The summed E-state index contributed by atoms with van der Waals surface area (Å²) in [5.74, 6) is 6.65. The molecule has 0 fully saturated rings. The van der Waals surface area contributed by atoms with Crippen molar-refractivity contribution in [3.8, 4) is 17.2 Å². The fourth-order valence-corrected chi connectivity index (χ4v) is 3.14. The maximum atomic E-state index is 13.1. The Morgan fingerprint density at radius 2 is 0.600 bits per heavy atom. The number of rotatable bonds is 6. The van der Waals surface area contributed by atoms with E-state index in [9.17, 15) is 4.57 Å². The summed E-state index contributed by atoms with van der Waals surface area (Å²) in [6.07, 6.45) is 0. The Kier molecular flexibility index (Phi) is 38.2. The average Bonchev–Trinajstić information content (AvgIpc) is 2.97. The van der Waals surface area contributed by atoms with E-state index in [1.165, 1.54) is 0 Å². The molecule has 0 aliphatic heterocycles. The predicted octanol–water partition coefficient (Wildman–Crippen LogP) is 11.4. The first-order valence-corrected chi connectivity index (χ1v) is 17.4. The van der Waals surface area contributed by atoms with Gasteiger partial charge in [0.2, 0.25) is 0 Å². The molecule has 3 rings (SSSR count). The number of phosphoric acid groups is 1. The molecular formula is C27H42Br3O4P. The molecule has 4 nitrogen and oxygen atoms in total. The number of hydrogen-bond donors (Lipinski definition) is 0. The Labute approximate surface area is 239 Å². The summed E-state index contributed by atoms with van der Waals surface area (Å²) in [6.45, 7) is 12.0. The zero-order valence-corrected chi connectivity index (χ0v) is 28.0. The second-order valence-electron chi connectivity index (χ2n) is 4.66. The molecule has 0 radical (unpaired) electrons. The summed E-state index contributed by atoms with van der Waals surface area (Å²) in [5.41, 5.74) is 0. The lowest BCUT2D eigenvalue weighted by molar-refractivity contribution is 0.298. The van der Waals surface area contributed by atoms with Gasteiger partial charge in [-0.05, 0) is 53.9 Å². The van der Waals surface area contributed by atoms with Crippen LogP contribution >= 0.6 is 55.6 Å². The zero-order valence-electron chi connectivity index (χ0n) is 22.4. The first-order chi connectivity index (χ1) is 17.2. The van der Waals surface area contributed by atoms with Gasteiger partial charge in [0.15, 0.2) is 0 Å². The molecule has 0 saturated heterocycles. The van der Waals surface area contributed by atoms with Crippen LogP contribution in [0.3, 0.4) is 0 Å². The van der Waals surface area contributed by atoms with Crippen molar-refractivity contribution in [1.82, 2.24) is 0 Å². The maximum Gasteiger partial charge on any atom is 0.647 e. The van der Waals surface area contributed by atoms with Gasteiger partial charge >= 0.3 is 7.82 Å². The molecule has 3 aromatic carbocycles. The van der Waals surface area contributed by atoms with E-state index in [0.29, 0.717) is 17.2 Å². The predicted molar refractivity (Wildman–Crippen MR) is 167 cm³/mol. The van der Waals surface area contributed by atoms with E-state index in [-0.39, 0.29) is 0 Å². The van der Waals surface area contributed by atoms with Crippen LogP contribution in [0.2, 0.25) is 0 Å². The van der Waals surface area contributed by atoms with E-state index < -0.39 is 7.82 Å². The fourth-order valence-electron chi connectivity index (χ4n) is 1.89. The van der Waals surface area contributed by atoms with E-state index in [2.05, 4.69) is 47.8 Å². The molecule has 0 heterocycles. The number of halogens is 3. The first kappa shape index (κ1) is 40.9. The molecule has 0 aliphatic rings. The highest BCUT2D eigenvalue weighted by Crippen LogP contribution is 2.49. The molecular weight excluding hydrogens is 659 g/mol. The van der Waals surface area contributed by atoms with Crippen LogP contribution in [0.1, 0.15) is 41.5 Å². The SMILES string of the molecule is CBr.CBr.CBr.CC.CC.CC.O=P(Oc1ccccc1)(Oc1ccccc1)Oc1ccccc1. The van der Waals surface area contributed by atoms with Crippen molar-refractivity contribution in [2.75, 3.05) is 17.5 Å². The number of hydrogen-bond acceptors (Lipinski definition) is 4. The molecule has 0 aliphatic carbocycles. The van der Waals surface area contributed by atoms with Gasteiger partial charge in [-0.15, -0.1) is 0 Å². The maximum absolute atomic E-state index is 13.1. The van der Waals surface area contributed by atoms with Crippen LogP contribution in [-0.2, 0) is 4.57 Å². The Morgan fingerprint density at radius 1 is 0.429 bits per heavy atom. The molecule has 0 atom stereocenters. The van der Waals surface area contributed by atoms with Gasteiger partial charge in [0.05, 0.1) is 0 Å². The van der Waals surface area contributed by atoms with Gasteiger partial charge in [-0.2, -0.15) is 4.57 Å². The smallest absolute Gasteiger partial charge is 0.386 e. The van der Waals surface area contributed by atoms with Crippen LogP contribution < -0.4 is 13.6 Å². The molecule has 3 aromatic rings. The van der Waals surface area contributed by atoms with Crippen LogP contribution in [-0.4, -0.2) is 17.5 Å². The molecule has 8 heteroatoms. The molecule has 0 N–H and O–H groups in total. The van der Waals surface area contributed by atoms with Crippen LogP contribution in [0.5, 0.6) is 17.2 Å². The fraction of sp³-hybridized carbons (Fsp3) is 0.333. The van der Waals surface area contributed by atoms with Crippen molar-refractivity contribution < 1.29 is 18.1 Å². The number of phosphoric ester groups is 1. The summed E-state index contributed by atoms with van der Waals surface area (Å²) >= 11 is 8.81. The largest absolute Gasteiger partial charge is 0.647 e. The van der Waals surface area contributed by atoms with E-state index in [1.807, 2.05) is 77.2 Å². The topological polar surface area (TPSA) is 44.8 Å². The lowest BCUT2D eigenvalue weighted by Crippen LogP contribution is -2.07. The summed E-state index contributed by atoms with van der Waals surface area (Å²) in [5, 5.41) is 0. The second-order valence-corrected chi connectivity index (χ2v) is 6.10. The minimum absolute atomic E-state index is 0.405. The molecule has 0 aromatic heterocycles. The molecule has 0 unspecified atom stereocenters. The lowest BCUT2D eigenvalue weighted by atomic mass is 10.3. The molecule has 200 valence electrons. The Bertz CT molecular complexity index is 685. The van der Waals surface area contributed by atoms with Crippen molar-refractivity contribution in [2.45, 2.75) is 41.5 Å². The average molecular weight is 701 g/mol. The summed E-state index contributed by atoms with van der Waals surface area (Å²) in [7, 11) is -3.89. The van der Waals surface area contributed by atoms with Crippen molar-refractivity contribution >= 4 is 55.6 Å². The Balaban J connectivity index is -0.000000351. The zero-order chi connectivity index (χ0) is 28.0. The van der Waals surface area contributed by atoms with Gasteiger partial charge in [-0.25, -0.2) is 0 Å². The van der Waals surface area contributed by atoms with Crippen LogP contribution in [0.25, 0.3) is 0 Å².